The number of nitrogen functional groups attached to an aromatic ring is 1. The normalized spacial score (nSPS) is 11.3. The minimum absolute atomic E-state index is 0.718. The van der Waals surface area contributed by atoms with E-state index in [0.29, 0.717) is 0 Å². The van der Waals surface area contributed by atoms with Crippen LogP contribution in [0.25, 0.3) is 26.8 Å². The van der Waals surface area contributed by atoms with Gasteiger partial charge in [0.05, 0.1) is 10.6 Å². The Morgan fingerprint density at radius 2 is 1.90 bits per heavy atom. The Morgan fingerprint density at radius 3 is 2.62 bits per heavy atom. The molecular weight excluding hydrogens is 298 g/mol. The molecule has 0 unspecified atom stereocenters. The van der Waals surface area contributed by atoms with Crippen molar-refractivity contribution in [1.82, 2.24) is 9.38 Å². The van der Waals surface area contributed by atoms with Crippen molar-refractivity contribution < 1.29 is 0 Å². The van der Waals surface area contributed by atoms with E-state index in [-0.39, 0.29) is 0 Å². The average Bonchev–Trinajstić information content (AvgIpc) is 3.18. The Hall–Kier alpha value is -2.11. The number of hydrogen-bond donors (Lipinski definition) is 1. The summed E-state index contributed by atoms with van der Waals surface area (Å²) >= 11 is 3.35. The van der Waals surface area contributed by atoms with E-state index in [9.17, 15) is 0 Å². The summed E-state index contributed by atoms with van der Waals surface area (Å²) in [5.41, 5.74) is 9.59. The fourth-order valence-corrected chi connectivity index (χ4v) is 4.28. The molecule has 4 aromatic rings. The third-order valence-electron chi connectivity index (χ3n) is 3.49. The van der Waals surface area contributed by atoms with Crippen LogP contribution in [0.15, 0.2) is 47.8 Å². The highest BCUT2D eigenvalue weighted by Crippen LogP contribution is 2.38. The summed E-state index contributed by atoms with van der Waals surface area (Å²) in [6.07, 6.45) is 0. The molecule has 0 spiro atoms. The van der Waals surface area contributed by atoms with E-state index in [4.69, 9.17) is 10.7 Å². The van der Waals surface area contributed by atoms with E-state index < -0.39 is 0 Å². The molecule has 0 aliphatic carbocycles. The van der Waals surface area contributed by atoms with Gasteiger partial charge in [-0.05, 0) is 23.9 Å². The van der Waals surface area contributed by atoms with Crippen molar-refractivity contribution in [1.29, 1.82) is 0 Å². The maximum absolute atomic E-state index is 6.40. The topological polar surface area (TPSA) is 43.3 Å². The minimum Gasteiger partial charge on any atom is -0.383 e. The van der Waals surface area contributed by atoms with Gasteiger partial charge in [0.1, 0.15) is 11.5 Å². The van der Waals surface area contributed by atoms with Crippen molar-refractivity contribution in [2.24, 2.45) is 0 Å². The Labute approximate surface area is 130 Å². The smallest absolute Gasteiger partial charge is 0.196 e. The molecule has 3 heterocycles. The van der Waals surface area contributed by atoms with Gasteiger partial charge in [-0.25, -0.2) is 4.98 Å². The van der Waals surface area contributed by atoms with Gasteiger partial charge in [0.25, 0.3) is 0 Å². The predicted molar refractivity (Wildman–Crippen MR) is 91.0 cm³/mol. The number of aromatic nitrogens is 2. The molecule has 104 valence electrons. The molecule has 0 atom stereocenters. The van der Waals surface area contributed by atoms with Crippen molar-refractivity contribution in [3.8, 4) is 21.8 Å². The highest BCUT2D eigenvalue weighted by molar-refractivity contribution is 7.17. The van der Waals surface area contributed by atoms with Crippen molar-refractivity contribution in [2.45, 2.75) is 6.92 Å². The predicted octanol–water partition coefficient (Wildman–Crippen LogP) is 4.68. The lowest BCUT2D eigenvalue weighted by molar-refractivity contribution is 1.23. The summed E-state index contributed by atoms with van der Waals surface area (Å²) in [4.78, 5) is 8.02. The molecule has 5 heteroatoms. The molecule has 0 saturated heterocycles. The number of hydrogen-bond acceptors (Lipinski definition) is 4. The quantitative estimate of drug-likeness (QED) is 0.584. The van der Waals surface area contributed by atoms with Gasteiger partial charge in [0.2, 0.25) is 0 Å². The van der Waals surface area contributed by atoms with E-state index >= 15 is 0 Å². The highest BCUT2D eigenvalue weighted by atomic mass is 32.1. The molecule has 4 rings (SSSR count). The number of benzene rings is 1. The third kappa shape index (κ3) is 1.89. The zero-order chi connectivity index (χ0) is 14.4. The zero-order valence-electron chi connectivity index (χ0n) is 11.4. The number of thiazole rings is 1. The van der Waals surface area contributed by atoms with Crippen LogP contribution in [0.5, 0.6) is 0 Å². The van der Waals surface area contributed by atoms with Gasteiger partial charge >= 0.3 is 0 Å². The second-order valence-electron chi connectivity index (χ2n) is 4.81. The van der Waals surface area contributed by atoms with Crippen LogP contribution in [-0.4, -0.2) is 9.38 Å². The minimum atomic E-state index is 0.718. The van der Waals surface area contributed by atoms with Gasteiger partial charge in [0.15, 0.2) is 4.96 Å². The first-order chi connectivity index (χ1) is 10.3. The molecule has 3 nitrogen and oxygen atoms in total. The molecule has 0 bridgehead atoms. The Kier molecular flexibility index (Phi) is 2.83. The fourth-order valence-electron chi connectivity index (χ4n) is 2.56. The monoisotopic (exact) mass is 311 g/mol. The van der Waals surface area contributed by atoms with Crippen molar-refractivity contribution in [3.63, 3.8) is 0 Å². The zero-order valence-corrected chi connectivity index (χ0v) is 13.0. The fraction of sp³-hybridized carbons (Fsp3) is 0.0625. The molecule has 0 aliphatic heterocycles. The molecule has 0 saturated carbocycles. The van der Waals surface area contributed by atoms with E-state index in [0.717, 1.165) is 27.0 Å². The number of fused-ring (bicyclic) bond motifs is 1. The molecule has 0 amide bonds. The summed E-state index contributed by atoms with van der Waals surface area (Å²) in [5, 5.41) is 2.05. The molecule has 2 N–H and O–H groups in total. The van der Waals surface area contributed by atoms with Crippen LogP contribution in [-0.2, 0) is 0 Å². The number of nitrogens with two attached hydrogens (primary N) is 1. The molecule has 3 aromatic heterocycles. The van der Waals surface area contributed by atoms with Crippen LogP contribution in [0.2, 0.25) is 0 Å². The lowest BCUT2D eigenvalue weighted by Gasteiger charge is -2.04. The van der Waals surface area contributed by atoms with Crippen LogP contribution in [0.3, 0.4) is 0 Å². The molecule has 0 fully saturated rings. The SMILES string of the molecule is Cc1sc2nc(-c3cccs3)c(N)n2c1-c1ccccc1. The lowest BCUT2D eigenvalue weighted by atomic mass is 10.1. The number of thiophene rings is 1. The summed E-state index contributed by atoms with van der Waals surface area (Å²) in [7, 11) is 0. The Balaban J connectivity index is 2.02. The summed E-state index contributed by atoms with van der Waals surface area (Å²) < 4.78 is 2.07. The Bertz CT molecular complexity index is 902. The largest absolute Gasteiger partial charge is 0.383 e. The first kappa shape index (κ1) is 12.6. The number of nitrogens with zero attached hydrogens (tertiary/aromatic N) is 2. The van der Waals surface area contributed by atoms with Crippen LogP contribution >= 0.6 is 22.7 Å². The summed E-state index contributed by atoms with van der Waals surface area (Å²) in [6, 6.07) is 14.4. The molecule has 0 radical (unpaired) electrons. The molecule has 0 aliphatic rings. The van der Waals surface area contributed by atoms with Gasteiger partial charge in [-0.2, -0.15) is 0 Å². The highest BCUT2D eigenvalue weighted by Gasteiger charge is 2.19. The number of aryl methyl sites for hydroxylation is 1. The van der Waals surface area contributed by atoms with E-state index in [1.807, 2.05) is 29.6 Å². The van der Waals surface area contributed by atoms with Crippen LogP contribution in [0.1, 0.15) is 4.88 Å². The number of rotatable bonds is 2. The Morgan fingerprint density at radius 1 is 1.10 bits per heavy atom. The van der Waals surface area contributed by atoms with Gasteiger partial charge in [0, 0.05) is 4.88 Å². The first-order valence-corrected chi connectivity index (χ1v) is 8.32. The number of anilines is 1. The summed E-state index contributed by atoms with van der Waals surface area (Å²) in [5.74, 6) is 0.718. The van der Waals surface area contributed by atoms with Crippen molar-refractivity contribution in [2.75, 3.05) is 5.73 Å². The lowest BCUT2D eigenvalue weighted by Crippen LogP contribution is -1.95. The standard InChI is InChI=1S/C16H13N3S2/c1-10-14(11-6-3-2-4-7-11)19-15(17)13(18-16(19)21-10)12-8-5-9-20-12/h2-9H,17H2,1H3. The van der Waals surface area contributed by atoms with Gasteiger partial charge < -0.3 is 5.73 Å². The van der Waals surface area contributed by atoms with Gasteiger partial charge in [-0.1, -0.05) is 36.4 Å². The van der Waals surface area contributed by atoms with Gasteiger partial charge in [-0.15, -0.1) is 22.7 Å². The van der Waals surface area contributed by atoms with Crippen LogP contribution < -0.4 is 5.73 Å². The van der Waals surface area contributed by atoms with E-state index in [1.165, 1.54) is 10.4 Å². The van der Waals surface area contributed by atoms with E-state index in [2.05, 4.69) is 29.5 Å². The van der Waals surface area contributed by atoms with Gasteiger partial charge in [-0.3, -0.25) is 4.40 Å². The van der Waals surface area contributed by atoms with E-state index in [1.54, 1.807) is 22.7 Å². The second-order valence-corrected chi connectivity index (χ2v) is 6.94. The molecular formula is C16H13N3S2. The first-order valence-electron chi connectivity index (χ1n) is 6.62. The third-order valence-corrected chi connectivity index (χ3v) is 5.32. The van der Waals surface area contributed by atoms with Crippen molar-refractivity contribution >= 4 is 33.5 Å². The molecule has 21 heavy (non-hydrogen) atoms. The number of imidazole rings is 1. The maximum Gasteiger partial charge on any atom is 0.196 e. The average molecular weight is 311 g/mol. The maximum atomic E-state index is 6.40. The van der Waals surface area contributed by atoms with Crippen LogP contribution in [0.4, 0.5) is 5.82 Å². The van der Waals surface area contributed by atoms with Crippen molar-refractivity contribution in [3.05, 3.63) is 52.7 Å². The summed E-state index contributed by atoms with van der Waals surface area (Å²) in [6.45, 7) is 2.12. The van der Waals surface area contributed by atoms with Crippen LogP contribution in [0, 0.1) is 6.92 Å². The molecule has 1 aromatic carbocycles. The second kappa shape index (κ2) is 4.72.